The van der Waals surface area contributed by atoms with Crippen LogP contribution in [0.15, 0.2) is 42.5 Å². The smallest absolute Gasteiger partial charge is 0.124 e. The Morgan fingerprint density at radius 2 is 2.14 bits per heavy atom. The number of halogens is 1. The number of para-hydroxylation sites is 1. The van der Waals surface area contributed by atoms with E-state index in [1.165, 1.54) is 5.56 Å². The Hall–Kier alpha value is -1.71. The van der Waals surface area contributed by atoms with E-state index in [1.807, 2.05) is 43.3 Å². The van der Waals surface area contributed by atoms with Gasteiger partial charge in [0.15, 0.2) is 0 Å². The maximum absolute atomic E-state index is 6.02. The topological polar surface area (TPSA) is 44.5 Å². The summed E-state index contributed by atoms with van der Waals surface area (Å²) in [5.41, 5.74) is 8.11. The van der Waals surface area contributed by atoms with Gasteiger partial charge in [0.25, 0.3) is 0 Å². The van der Waals surface area contributed by atoms with Crippen LogP contribution in [0.4, 0.5) is 0 Å². The lowest BCUT2D eigenvalue weighted by Gasteiger charge is -2.16. The van der Waals surface area contributed by atoms with E-state index in [4.69, 9.17) is 26.8 Å². The van der Waals surface area contributed by atoms with Crippen LogP contribution in [0.3, 0.4) is 0 Å². The Bertz CT molecular complexity index is 642. The number of rotatable bonds is 4. The molecule has 0 fully saturated rings. The van der Waals surface area contributed by atoms with Gasteiger partial charge in [-0.1, -0.05) is 29.8 Å². The van der Waals surface area contributed by atoms with Crippen molar-refractivity contribution in [1.29, 1.82) is 0 Å². The van der Waals surface area contributed by atoms with Crippen LogP contribution >= 0.6 is 11.6 Å². The van der Waals surface area contributed by atoms with Crippen LogP contribution in [-0.4, -0.2) is 13.2 Å². The fourth-order valence-electron chi connectivity index (χ4n) is 2.56. The zero-order valence-electron chi connectivity index (χ0n) is 11.9. The Balaban J connectivity index is 1.75. The molecule has 3 nitrogen and oxygen atoms in total. The van der Waals surface area contributed by atoms with Crippen LogP contribution < -0.4 is 15.2 Å². The molecule has 0 aliphatic carbocycles. The number of hydrogen-bond donors (Lipinski definition) is 1. The standard InChI is InChI=1S/C17H18ClNO2/c1-11(19)15-8-13(18)6-7-17(15)21-10-12-9-20-16-5-3-2-4-14(12)16/h2-8,11-12H,9-10,19H2,1H3/t11-,12?/m1/s1. The summed E-state index contributed by atoms with van der Waals surface area (Å²) in [5, 5.41) is 0.671. The molecule has 2 atom stereocenters. The van der Waals surface area contributed by atoms with Crippen LogP contribution in [0.2, 0.25) is 5.02 Å². The van der Waals surface area contributed by atoms with E-state index in [0.717, 1.165) is 17.1 Å². The molecule has 21 heavy (non-hydrogen) atoms. The second-order valence-corrected chi connectivity index (χ2v) is 5.76. The number of hydrogen-bond acceptors (Lipinski definition) is 3. The molecule has 0 radical (unpaired) electrons. The Kier molecular flexibility index (Phi) is 4.04. The molecule has 0 amide bonds. The highest BCUT2D eigenvalue weighted by Crippen LogP contribution is 2.35. The second kappa shape index (κ2) is 5.96. The lowest BCUT2D eigenvalue weighted by atomic mass is 10.0. The van der Waals surface area contributed by atoms with Gasteiger partial charge in [-0.2, -0.15) is 0 Å². The molecule has 2 N–H and O–H groups in total. The summed E-state index contributed by atoms with van der Waals surface area (Å²) < 4.78 is 11.6. The van der Waals surface area contributed by atoms with Crippen LogP contribution in [0.25, 0.3) is 0 Å². The molecule has 2 aromatic rings. The average Bonchev–Trinajstić information content (AvgIpc) is 2.89. The molecule has 1 heterocycles. The first-order valence-corrected chi connectivity index (χ1v) is 7.42. The Morgan fingerprint density at radius 3 is 2.95 bits per heavy atom. The zero-order valence-corrected chi connectivity index (χ0v) is 12.6. The Morgan fingerprint density at radius 1 is 1.33 bits per heavy atom. The minimum absolute atomic E-state index is 0.120. The molecule has 1 aliphatic rings. The van der Waals surface area contributed by atoms with Gasteiger partial charge < -0.3 is 15.2 Å². The van der Waals surface area contributed by atoms with Gasteiger partial charge in [0, 0.05) is 22.2 Å². The number of fused-ring (bicyclic) bond motifs is 1. The predicted molar refractivity (Wildman–Crippen MR) is 84.2 cm³/mol. The molecule has 0 spiro atoms. The highest BCUT2D eigenvalue weighted by atomic mass is 35.5. The summed E-state index contributed by atoms with van der Waals surface area (Å²) in [6.07, 6.45) is 0. The van der Waals surface area contributed by atoms with Crippen molar-refractivity contribution in [3.05, 3.63) is 58.6 Å². The summed E-state index contributed by atoms with van der Waals surface area (Å²) in [6, 6.07) is 13.5. The molecule has 1 aliphatic heterocycles. The summed E-state index contributed by atoms with van der Waals surface area (Å²) in [5.74, 6) is 1.99. The lowest BCUT2D eigenvalue weighted by molar-refractivity contribution is 0.246. The zero-order chi connectivity index (χ0) is 14.8. The predicted octanol–water partition coefficient (Wildman–Crippen LogP) is 3.91. The third kappa shape index (κ3) is 2.99. The highest BCUT2D eigenvalue weighted by Gasteiger charge is 2.24. The molecule has 1 unspecified atom stereocenters. The first-order valence-electron chi connectivity index (χ1n) is 7.04. The molecule has 0 bridgehead atoms. The molecule has 4 heteroatoms. The summed E-state index contributed by atoms with van der Waals surface area (Å²) in [4.78, 5) is 0. The number of ether oxygens (including phenoxy) is 2. The van der Waals surface area contributed by atoms with Crippen molar-refractivity contribution >= 4 is 11.6 Å². The van der Waals surface area contributed by atoms with E-state index in [9.17, 15) is 0 Å². The van der Waals surface area contributed by atoms with E-state index < -0.39 is 0 Å². The second-order valence-electron chi connectivity index (χ2n) is 5.33. The van der Waals surface area contributed by atoms with Gasteiger partial charge >= 0.3 is 0 Å². The van der Waals surface area contributed by atoms with Gasteiger partial charge in [0.2, 0.25) is 0 Å². The molecule has 0 aromatic heterocycles. The van der Waals surface area contributed by atoms with Crippen molar-refractivity contribution in [2.45, 2.75) is 18.9 Å². The fraction of sp³-hybridized carbons (Fsp3) is 0.294. The third-order valence-corrected chi connectivity index (χ3v) is 3.94. The van der Waals surface area contributed by atoms with Crippen molar-refractivity contribution in [3.8, 4) is 11.5 Å². The minimum Gasteiger partial charge on any atom is -0.493 e. The van der Waals surface area contributed by atoms with Crippen molar-refractivity contribution < 1.29 is 9.47 Å². The molecule has 3 rings (SSSR count). The quantitative estimate of drug-likeness (QED) is 0.931. The summed E-state index contributed by atoms with van der Waals surface area (Å²) in [6.45, 7) is 3.14. The van der Waals surface area contributed by atoms with Gasteiger partial charge in [0.05, 0.1) is 19.1 Å². The van der Waals surface area contributed by atoms with E-state index >= 15 is 0 Å². The third-order valence-electron chi connectivity index (χ3n) is 3.70. The van der Waals surface area contributed by atoms with Crippen LogP contribution in [0.1, 0.15) is 30.0 Å². The molecule has 110 valence electrons. The van der Waals surface area contributed by atoms with Gasteiger partial charge in [-0.25, -0.2) is 0 Å². The maximum Gasteiger partial charge on any atom is 0.124 e. The fourth-order valence-corrected chi connectivity index (χ4v) is 2.74. The monoisotopic (exact) mass is 303 g/mol. The maximum atomic E-state index is 6.02. The normalized spacial score (nSPS) is 18.0. The van der Waals surface area contributed by atoms with Crippen LogP contribution in [0, 0.1) is 0 Å². The first kappa shape index (κ1) is 14.2. The van der Waals surface area contributed by atoms with Gasteiger partial charge in [-0.3, -0.25) is 0 Å². The van der Waals surface area contributed by atoms with Gasteiger partial charge in [-0.05, 0) is 31.2 Å². The van der Waals surface area contributed by atoms with Gasteiger partial charge in [-0.15, -0.1) is 0 Å². The van der Waals surface area contributed by atoms with Crippen LogP contribution in [-0.2, 0) is 0 Å². The van der Waals surface area contributed by atoms with Crippen molar-refractivity contribution in [2.24, 2.45) is 5.73 Å². The largest absolute Gasteiger partial charge is 0.493 e. The molecule has 0 saturated heterocycles. The van der Waals surface area contributed by atoms with E-state index in [0.29, 0.717) is 18.2 Å². The van der Waals surface area contributed by atoms with Crippen molar-refractivity contribution in [3.63, 3.8) is 0 Å². The van der Waals surface area contributed by atoms with Crippen molar-refractivity contribution in [2.75, 3.05) is 13.2 Å². The average molecular weight is 304 g/mol. The summed E-state index contributed by atoms with van der Waals surface area (Å²) >= 11 is 6.02. The number of benzene rings is 2. The van der Waals surface area contributed by atoms with E-state index in [-0.39, 0.29) is 12.0 Å². The molecule has 0 saturated carbocycles. The number of nitrogens with two attached hydrogens (primary N) is 1. The van der Waals surface area contributed by atoms with Crippen LogP contribution in [0.5, 0.6) is 11.5 Å². The van der Waals surface area contributed by atoms with Crippen molar-refractivity contribution in [1.82, 2.24) is 0 Å². The minimum atomic E-state index is -0.120. The van der Waals surface area contributed by atoms with E-state index in [1.54, 1.807) is 0 Å². The van der Waals surface area contributed by atoms with Gasteiger partial charge in [0.1, 0.15) is 11.5 Å². The Labute approximate surface area is 129 Å². The molecular formula is C17H18ClNO2. The first-order chi connectivity index (χ1) is 10.1. The van der Waals surface area contributed by atoms with E-state index in [2.05, 4.69) is 6.07 Å². The lowest BCUT2D eigenvalue weighted by Crippen LogP contribution is -2.14. The molecular weight excluding hydrogens is 286 g/mol. The SMILES string of the molecule is C[C@@H](N)c1cc(Cl)ccc1OCC1COc2ccccc21. The summed E-state index contributed by atoms with van der Waals surface area (Å²) in [7, 11) is 0. The molecule has 2 aromatic carbocycles. The highest BCUT2D eigenvalue weighted by molar-refractivity contribution is 6.30.